The Morgan fingerprint density at radius 1 is 1.05 bits per heavy atom. The van der Waals surface area contributed by atoms with Crippen LogP contribution < -0.4 is 5.32 Å². The van der Waals surface area contributed by atoms with E-state index in [2.05, 4.69) is 25.9 Å². The quantitative estimate of drug-likeness (QED) is 0.758. The Morgan fingerprint density at radius 2 is 1.95 bits per heavy atom. The third-order valence-electron chi connectivity index (χ3n) is 3.53. The number of nitrogens with two attached hydrogens (primary N) is 1. The first kappa shape index (κ1) is 14.8. The summed E-state index contributed by atoms with van der Waals surface area (Å²) in [5, 5.41) is 3.02. The van der Waals surface area contributed by atoms with Gasteiger partial charge in [-0.1, -0.05) is 35.9 Å². The van der Waals surface area contributed by atoms with Gasteiger partial charge in [-0.05, 0) is 17.7 Å². The molecule has 0 spiro atoms. The molecule has 0 aliphatic rings. The number of halogens is 1. The zero-order valence-electron chi connectivity index (χ0n) is 12.2. The molecule has 3 aromatic rings. The third kappa shape index (κ3) is 3.72. The van der Waals surface area contributed by atoms with Crippen molar-refractivity contribution in [2.75, 3.05) is 0 Å². The van der Waals surface area contributed by atoms with Crippen LogP contribution in [0, 0.1) is 0 Å². The maximum absolute atomic E-state index is 6.23. The van der Waals surface area contributed by atoms with E-state index in [9.17, 15) is 0 Å². The van der Waals surface area contributed by atoms with E-state index >= 15 is 0 Å². The zero-order valence-corrected chi connectivity index (χ0v) is 12.9. The lowest BCUT2D eigenvalue weighted by molar-refractivity contribution is -0.687. The normalized spacial score (nSPS) is 10.8. The molecule has 0 saturated carbocycles. The minimum Gasteiger partial charge on any atom is -0.336 e. The molecule has 0 aliphatic carbocycles. The summed E-state index contributed by atoms with van der Waals surface area (Å²) in [5.41, 5.74) is 2.32. The average molecular weight is 314 g/mol. The Kier molecular flexibility index (Phi) is 4.83. The molecule has 2 N–H and O–H groups in total. The van der Waals surface area contributed by atoms with E-state index in [0.717, 1.165) is 36.0 Å². The molecule has 3 rings (SSSR count). The topological polar surface area (TPSA) is 47.3 Å². The molecule has 22 heavy (non-hydrogen) atoms. The fourth-order valence-corrected chi connectivity index (χ4v) is 2.57. The van der Waals surface area contributed by atoms with Gasteiger partial charge in [0.1, 0.15) is 13.1 Å². The Bertz CT molecular complexity index is 724. The van der Waals surface area contributed by atoms with Crippen molar-refractivity contribution in [2.45, 2.75) is 19.6 Å². The summed E-state index contributed by atoms with van der Waals surface area (Å²) < 4.78 is 2.14. The molecule has 0 atom stereocenters. The first-order chi connectivity index (χ1) is 10.8. The average Bonchev–Trinajstić information content (AvgIpc) is 2.98. The molecule has 0 bridgehead atoms. The zero-order chi connectivity index (χ0) is 15.2. The van der Waals surface area contributed by atoms with Crippen molar-refractivity contribution in [1.82, 2.24) is 14.5 Å². The lowest BCUT2D eigenvalue weighted by Gasteiger charge is -2.09. The van der Waals surface area contributed by atoms with Crippen LogP contribution >= 0.6 is 11.6 Å². The fraction of sp³-hybridized carbons (Fsp3) is 0.176. The predicted molar refractivity (Wildman–Crippen MR) is 86.4 cm³/mol. The highest BCUT2D eigenvalue weighted by atomic mass is 35.5. The first-order valence-electron chi connectivity index (χ1n) is 7.27. The van der Waals surface area contributed by atoms with Crippen molar-refractivity contribution in [2.24, 2.45) is 0 Å². The highest BCUT2D eigenvalue weighted by molar-refractivity contribution is 6.31. The number of nitrogens with zero attached hydrogens (tertiary/aromatic N) is 3. The van der Waals surface area contributed by atoms with Crippen molar-refractivity contribution in [1.29, 1.82) is 0 Å². The summed E-state index contributed by atoms with van der Waals surface area (Å²) in [6, 6.07) is 12.0. The number of imidazole rings is 1. The molecule has 0 radical (unpaired) electrons. The molecule has 0 unspecified atom stereocenters. The number of benzene rings is 1. The van der Waals surface area contributed by atoms with Crippen molar-refractivity contribution in [3.8, 4) is 0 Å². The van der Waals surface area contributed by atoms with Gasteiger partial charge in [0.05, 0.1) is 6.54 Å². The molecule has 2 heterocycles. The summed E-state index contributed by atoms with van der Waals surface area (Å²) >= 11 is 6.23. The second-order valence-electron chi connectivity index (χ2n) is 5.12. The van der Waals surface area contributed by atoms with Crippen LogP contribution in [0.25, 0.3) is 0 Å². The van der Waals surface area contributed by atoms with Gasteiger partial charge in [0.25, 0.3) is 0 Å². The van der Waals surface area contributed by atoms with Gasteiger partial charge in [0.2, 0.25) is 0 Å². The fourth-order valence-electron chi connectivity index (χ4n) is 2.37. The summed E-state index contributed by atoms with van der Waals surface area (Å²) in [4.78, 5) is 8.57. The van der Waals surface area contributed by atoms with Crippen molar-refractivity contribution >= 4 is 11.6 Å². The van der Waals surface area contributed by atoms with Gasteiger partial charge >= 0.3 is 0 Å². The maximum Gasteiger partial charge on any atom is 0.164 e. The number of aromatic nitrogens is 3. The first-order valence-corrected chi connectivity index (χ1v) is 7.65. The molecule has 112 valence electrons. The molecule has 0 saturated heterocycles. The van der Waals surface area contributed by atoms with E-state index in [4.69, 9.17) is 11.6 Å². The van der Waals surface area contributed by atoms with E-state index in [1.54, 1.807) is 6.20 Å². The molecule has 0 aliphatic heterocycles. The van der Waals surface area contributed by atoms with Crippen LogP contribution in [0.3, 0.4) is 0 Å². The number of hydrogen-bond donors (Lipinski definition) is 1. The Balaban J connectivity index is 1.61. The van der Waals surface area contributed by atoms with Gasteiger partial charge in [0.15, 0.2) is 5.82 Å². The summed E-state index contributed by atoms with van der Waals surface area (Å²) in [5.74, 6) is 1.05. The predicted octanol–water partition coefficient (Wildman–Crippen LogP) is 2.24. The standard InChI is InChI=1S/C17H17ClN4/c18-16-6-2-1-5-15(16)13-22-9-8-21-17(22)12-20-11-14-4-3-7-19-10-14/h1-10,20H,11-13H2/p+1. The third-order valence-corrected chi connectivity index (χ3v) is 3.90. The minimum absolute atomic E-state index is 0.746. The molecular weight excluding hydrogens is 296 g/mol. The number of quaternary nitrogens is 1. The van der Waals surface area contributed by atoms with Gasteiger partial charge in [-0.2, -0.15) is 0 Å². The SMILES string of the molecule is Clc1ccccc1Cn1ccnc1C[NH2+]Cc1cccnc1. The minimum atomic E-state index is 0.746. The van der Waals surface area contributed by atoms with E-state index in [0.29, 0.717) is 0 Å². The van der Waals surface area contributed by atoms with Crippen molar-refractivity contribution in [3.63, 3.8) is 0 Å². The number of rotatable bonds is 6. The van der Waals surface area contributed by atoms with Gasteiger partial charge in [0, 0.05) is 35.4 Å². The monoisotopic (exact) mass is 313 g/mol. The van der Waals surface area contributed by atoms with Crippen LogP contribution in [0.5, 0.6) is 0 Å². The number of pyridine rings is 1. The molecule has 0 amide bonds. The van der Waals surface area contributed by atoms with Crippen LogP contribution in [-0.4, -0.2) is 14.5 Å². The highest BCUT2D eigenvalue weighted by Gasteiger charge is 2.07. The van der Waals surface area contributed by atoms with E-state index < -0.39 is 0 Å². The van der Waals surface area contributed by atoms with E-state index in [1.165, 1.54) is 5.56 Å². The van der Waals surface area contributed by atoms with E-state index in [1.807, 2.05) is 48.9 Å². The largest absolute Gasteiger partial charge is 0.336 e. The molecular formula is C17H18ClN4+. The second kappa shape index (κ2) is 7.20. The smallest absolute Gasteiger partial charge is 0.164 e. The number of hydrogen-bond acceptors (Lipinski definition) is 2. The highest BCUT2D eigenvalue weighted by Crippen LogP contribution is 2.16. The van der Waals surface area contributed by atoms with Gasteiger partial charge in [-0.3, -0.25) is 4.98 Å². The van der Waals surface area contributed by atoms with Crippen molar-refractivity contribution < 1.29 is 5.32 Å². The van der Waals surface area contributed by atoms with Crippen LogP contribution in [0.2, 0.25) is 5.02 Å². The summed E-state index contributed by atoms with van der Waals surface area (Å²) in [6.07, 6.45) is 7.52. The summed E-state index contributed by atoms with van der Waals surface area (Å²) in [7, 11) is 0. The van der Waals surface area contributed by atoms with Gasteiger partial charge in [-0.25, -0.2) is 4.98 Å². The second-order valence-corrected chi connectivity index (χ2v) is 5.53. The molecule has 1 aromatic carbocycles. The van der Waals surface area contributed by atoms with Crippen LogP contribution in [0.1, 0.15) is 17.0 Å². The molecule has 4 nitrogen and oxygen atoms in total. The molecule has 5 heteroatoms. The lowest BCUT2D eigenvalue weighted by atomic mass is 10.2. The van der Waals surface area contributed by atoms with Crippen LogP contribution in [-0.2, 0) is 19.6 Å². The van der Waals surface area contributed by atoms with Crippen LogP contribution in [0.15, 0.2) is 61.2 Å². The Hall–Kier alpha value is -2.17. The molecule has 2 aromatic heterocycles. The van der Waals surface area contributed by atoms with Gasteiger partial charge < -0.3 is 9.88 Å². The van der Waals surface area contributed by atoms with E-state index in [-0.39, 0.29) is 0 Å². The lowest BCUT2D eigenvalue weighted by Crippen LogP contribution is -2.81. The maximum atomic E-state index is 6.23. The Labute approximate surface area is 134 Å². The van der Waals surface area contributed by atoms with Crippen molar-refractivity contribution in [3.05, 3.63) is 83.2 Å². The van der Waals surface area contributed by atoms with Crippen LogP contribution in [0.4, 0.5) is 0 Å². The Morgan fingerprint density at radius 3 is 2.77 bits per heavy atom. The molecule has 0 fully saturated rings. The summed E-state index contributed by atoms with van der Waals surface area (Å²) in [6.45, 7) is 2.47. The van der Waals surface area contributed by atoms with Gasteiger partial charge in [-0.15, -0.1) is 0 Å².